The molecule has 3 nitrogen and oxygen atoms in total. The van der Waals surface area contributed by atoms with Crippen LogP contribution in [0.1, 0.15) is 18.5 Å². The summed E-state index contributed by atoms with van der Waals surface area (Å²) in [5.74, 6) is 0. The van der Waals surface area contributed by atoms with Crippen molar-refractivity contribution in [2.24, 2.45) is 0 Å². The zero-order valence-corrected chi connectivity index (χ0v) is 13.6. The zero-order valence-electron chi connectivity index (χ0n) is 11.2. The minimum atomic E-state index is 0.313. The topological polar surface area (TPSA) is 37.8 Å². The van der Waals surface area contributed by atoms with Gasteiger partial charge in [0.15, 0.2) is 8.68 Å². The van der Waals surface area contributed by atoms with Crippen LogP contribution in [0.5, 0.6) is 0 Å². The molecule has 0 amide bonds. The van der Waals surface area contributed by atoms with E-state index in [0.717, 1.165) is 8.68 Å². The summed E-state index contributed by atoms with van der Waals surface area (Å²) in [6.45, 7) is 2.22. The fourth-order valence-corrected chi connectivity index (χ4v) is 4.77. The van der Waals surface area contributed by atoms with Gasteiger partial charge in [0.05, 0.1) is 0 Å². The zero-order chi connectivity index (χ0) is 13.7. The maximum atomic E-state index is 4.22. The van der Waals surface area contributed by atoms with Gasteiger partial charge in [0.25, 0.3) is 0 Å². The van der Waals surface area contributed by atoms with E-state index in [4.69, 9.17) is 0 Å². The third kappa shape index (κ3) is 3.95. The highest BCUT2D eigenvalue weighted by atomic mass is 32.2. The molecule has 1 N–H and O–H groups in total. The van der Waals surface area contributed by atoms with Crippen molar-refractivity contribution in [3.8, 4) is 0 Å². The minimum Gasteiger partial charge on any atom is -0.312 e. The molecule has 0 fully saturated rings. The monoisotopic (exact) mass is 311 g/mol. The van der Waals surface area contributed by atoms with Crippen LogP contribution in [0.4, 0.5) is 0 Å². The Morgan fingerprint density at radius 3 is 2.42 bits per heavy atom. The first-order valence-electron chi connectivity index (χ1n) is 6.01. The Morgan fingerprint density at radius 1 is 1.16 bits per heavy atom. The molecule has 0 aliphatic heterocycles. The molecule has 102 valence electrons. The van der Waals surface area contributed by atoms with Gasteiger partial charge in [0, 0.05) is 11.3 Å². The molecule has 2 atom stereocenters. The van der Waals surface area contributed by atoms with Gasteiger partial charge in [-0.2, -0.15) is 0 Å². The van der Waals surface area contributed by atoms with Crippen LogP contribution in [-0.4, -0.2) is 28.8 Å². The van der Waals surface area contributed by atoms with E-state index in [1.54, 1.807) is 34.9 Å². The smallest absolute Gasteiger partial charge is 0.175 e. The highest BCUT2D eigenvalue weighted by Crippen LogP contribution is 2.35. The minimum absolute atomic E-state index is 0.313. The van der Waals surface area contributed by atoms with Crippen molar-refractivity contribution < 1.29 is 0 Å². The summed E-state index contributed by atoms with van der Waals surface area (Å²) >= 11 is 5.08. The second kappa shape index (κ2) is 7.28. The number of rotatable bonds is 6. The van der Waals surface area contributed by atoms with Gasteiger partial charge < -0.3 is 5.32 Å². The lowest BCUT2D eigenvalue weighted by molar-refractivity contribution is 0.589. The van der Waals surface area contributed by atoms with Crippen LogP contribution >= 0.6 is 34.9 Å². The lowest BCUT2D eigenvalue weighted by Gasteiger charge is -2.22. The van der Waals surface area contributed by atoms with Crippen molar-refractivity contribution in [2.45, 2.75) is 26.9 Å². The Balaban J connectivity index is 2.06. The van der Waals surface area contributed by atoms with E-state index in [1.165, 1.54) is 5.56 Å². The molecule has 0 radical (unpaired) electrons. The third-order valence-electron chi connectivity index (χ3n) is 2.79. The summed E-state index contributed by atoms with van der Waals surface area (Å²) in [6, 6.07) is 10.8. The van der Waals surface area contributed by atoms with Gasteiger partial charge in [-0.1, -0.05) is 72.1 Å². The Morgan fingerprint density at radius 2 is 1.84 bits per heavy atom. The number of nitrogens with zero attached hydrogens (tertiary/aromatic N) is 2. The number of benzene rings is 1. The quantitative estimate of drug-likeness (QED) is 0.823. The van der Waals surface area contributed by atoms with Gasteiger partial charge in [-0.25, -0.2) is 0 Å². The number of aromatic nitrogens is 2. The molecule has 0 spiro atoms. The van der Waals surface area contributed by atoms with Gasteiger partial charge in [0.1, 0.15) is 0 Å². The lowest BCUT2D eigenvalue weighted by Crippen LogP contribution is -2.25. The van der Waals surface area contributed by atoms with E-state index in [0.29, 0.717) is 11.3 Å². The highest BCUT2D eigenvalue weighted by molar-refractivity contribution is 8.03. The van der Waals surface area contributed by atoms with Gasteiger partial charge >= 0.3 is 0 Å². The molecular formula is C13H17N3S3. The van der Waals surface area contributed by atoms with E-state index in [1.807, 2.05) is 19.4 Å². The normalized spacial score (nSPS) is 14.3. The Bertz CT molecular complexity index is 501. The second-order valence-electron chi connectivity index (χ2n) is 4.04. The molecule has 0 saturated heterocycles. The molecule has 0 bridgehead atoms. The molecule has 19 heavy (non-hydrogen) atoms. The van der Waals surface area contributed by atoms with Gasteiger partial charge in [-0.15, -0.1) is 10.2 Å². The predicted molar refractivity (Wildman–Crippen MR) is 85.3 cm³/mol. The Hall–Kier alpha value is -0.560. The molecule has 6 heteroatoms. The Labute approximate surface area is 126 Å². The van der Waals surface area contributed by atoms with Gasteiger partial charge in [-0.3, -0.25) is 0 Å². The molecule has 0 aliphatic carbocycles. The third-order valence-corrected chi connectivity index (χ3v) is 5.95. The van der Waals surface area contributed by atoms with Crippen LogP contribution in [0.2, 0.25) is 0 Å². The summed E-state index contributed by atoms with van der Waals surface area (Å²) in [5.41, 5.74) is 1.31. The van der Waals surface area contributed by atoms with Crippen LogP contribution < -0.4 is 5.32 Å². The second-order valence-corrected chi connectivity index (χ2v) is 7.69. The highest BCUT2D eigenvalue weighted by Gasteiger charge is 2.20. The molecular weight excluding hydrogens is 294 g/mol. The first-order chi connectivity index (χ1) is 9.24. The molecule has 0 aliphatic rings. The fraction of sp³-hybridized carbons (Fsp3) is 0.385. The SMILES string of the molecule is CNC(c1ccccc1)C(C)Sc1nnc(SC)s1. The molecule has 1 aromatic heterocycles. The van der Waals surface area contributed by atoms with Crippen LogP contribution in [0.25, 0.3) is 0 Å². The van der Waals surface area contributed by atoms with Gasteiger partial charge in [-0.05, 0) is 18.9 Å². The van der Waals surface area contributed by atoms with Crippen molar-refractivity contribution in [3.05, 3.63) is 35.9 Å². The molecule has 1 heterocycles. The average molecular weight is 312 g/mol. The maximum absolute atomic E-state index is 4.22. The first kappa shape index (κ1) is 14.8. The van der Waals surface area contributed by atoms with Crippen molar-refractivity contribution in [2.75, 3.05) is 13.3 Å². The van der Waals surface area contributed by atoms with Gasteiger partial charge in [0.2, 0.25) is 0 Å². The summed E-state index contributed by atoms with van der Waals surface area (Å²) in [6.07, 6.45) is 2.03. The van der Waals surface area contributed by atoms with Crippen LogP contribution in [0.3, 0.4) is 0 Å². The standard InChI is InChI=1S/C13H17N3S3/c1-9(18-13-16-15-12(17-3)19-13)11(14-2)10-7-5-4-6-8-10/h4-9,11,14H,1-3H3. The maximum Gasteiger partial charge on any atom is 0.175 e. The lowest BCUT2D eigenvalue weighted by atomic mass is 10.0. The molecule has 2 aromatic rings. The number of thioether (sulfide) groups is 2. The van der Waals surface area contributed by atoms with Crippen LogP contribution in [0, 0.1) is 0 Å². The van der Waals surface area contributed by atoms with E-state index in [9.17, 15) is 0 Å². The largest absolute Gasteiger partial charge is 0.312 e. The van der Waals surface area contributed by atoms with E-state index >= 15 is 0 Å². The van der Waals surface area contributed by atoms with Crippen molar-refractivity contribution in [1.29, 1.82) is 0 Å². The molecule has 2 unspecified atom stereocenters. The number of hydrogen-bond acceptors (Lipinski definition) is 6. The summed E-state index contributed by atoms with van der Waals surface area (Å²) in [5, 5.41) is 12.1. The van der Waals surface area contributed by atoms with E-state index < -0.39 is 0 Å². The number of hydrogen-bond donors (Lipinski definition) is 1. The van der Waals surface area contributed by atoms with Crippen LogP contribution in [0.15, 0.2) is 39.0 Å². The first-order valence-corrected chi connectivity index (χ1v) is 8.93. The summed E-state index contributed by atoms with van der Waals surface area (Å²) in [7, 11) is 2.00. The van der Waals surface area contributed by atoms with Crippen molar-refractivity contribution in [3.63, 3.8) is 0 Å². The van der Waals surface area contributed by atoms with Crippen molar-refractivity contribution >= 4 is 34.9 Å². The molecule has 0 saturated carbocycles. The average Bonchev–Trinajstić information content (AvgIpc) is 2.88. The Kier molecular flexibility index (Phi) is 5.69. The predicted octanol–water partition coefficient (Wildman–Crippen LogP) is 3.70. The summed E-state index contributed by atoms with van der Waals surface area (Å²) in [4.78, 5) is 0. The van der Waals surface area contributed by atoms with E-state index in [2.05, 4.69) is 46.7 Å². The van der Waals surface area contributed by atoms with Crippen molar-refractivity contribution in [1.82, 2.24) is 15.5 Å². The molecule has 1 aromatic carbocycles. The van der Waals surface area contributed by atoms with Crippen LogP contribution in [-0.2, 0) is 0 Å². The summed E-state index contributed by atoms with van der Waals surface area (Å²) < 4.78 is 2.06. The number of nitrogens with one attached hydrogen (secondary N) is 1. The fourth-order valence-electron chi connectivity index (χ4n) is 1.89. The molecule has 2 rings (SSSR count). The van der Waals surface area contributed by atoms with E-state index in [-0.39, 0.29) is 0 Å².